The zero-order chi connectivity index (χ0) is 13.6. The van der Waals surface area contributed by atoms with Gasteiger partial charge in [-0.2, -0.15) is 0 Å². The third-order valence-corrected chi connectivity index (χ3v) is 3.23. The molecule has 1 N–H and O–H groups in total. The van der Waals surface area contributed by atoms with Gasteiger partial charge in [-0.3, -0.25) is 14.4 Å². The lowest BCUT2D eigenvalue weighted by molar-refractivity contribution is -0.0689. The Labute approximate surface area is 109 Å². The molecule has 1 aliphatic heterocycles. The van der Waals surface area contributed by atoms with Gasteiger partial charge in [-0.25, -0.2) is 0 Å². The van der Waals surface area contributed by atoms with Crippen LogP contribution in [-0.4, -0.2) is 29.1 Å². The Morgan fingerprint density at radius 2 is 1.89 bits per heavy atom. The maximum Gasteiger partial charge on any atom is 0.285 e. The van der Waals surface area contributed by atoms with Gasteiger partial charge >= 0.3 is 0 Å². The van der Waals surface area contributed by atoms with Crippen molar-refractivity contribution in [2.45, 2.75) is 6.61 Å². The maximum atomic E-state index is 12.2. The summed E-state index contributed by atoms with van der Waals surface area (Å²) >= 11 is 0. The third-order valence-electron chi connectivity index (χ3n) is 3.23. The smallest absolute Gasteiger partial charge is 0.285 e. The van der Waals surface area contributed by atoms with Crippen LogP contribution in [0.4, 0.5) is 0 Å². The number of aliphatic hydroxyl groups excluding tert-OH is 1. The zero-order valence-electron chi connectivity index (χ0n) is 10.2. The second kappa shape index (κ2) is 4.15. The van der Waals surface area contributed by atoms with Crippen LogP contribution >= 0.6 is 0 Å². The van der Waals surface area contributed by atoms with Gasteiger partial charge in [0.2, 0.25) is 0 Å². The molecule has 0 saturated heterocycles. The summed E-state index contributed by atoms with van der Waals surface area (Å²) in [5.74, 6) is -0.978. The van der Waals surface area contributed by atoms with Crippen LogP contribution < -0.4 is 0 Å². The van der Waals surface area contributed by atoms with E-state index in [0.29, 0.717) is 22.1 Å². The lowest BCUT2D eigenvalue weighted by atomic mass is 9.93. The number of hydrogen-bond acceptors (Lipinski definition) is 4. The van der Waals surface area contributed by atoms with Crippen molar-refractivity contribution in [3.63, 3.8) is 0 Å². The molecule has 0 unspecified atom stereocenters. The highest BCUT2D eigenvalue weighted by Crippen LogP contribution is 2.31. The van der Waals surface area contributed by atoms with Gasteiger partial charge in [0, 0.05) is 5.39 Å². The zero-order valence-corrected chi connectivity index (χ0v) is 10.2. The number of nitrogens with zero attached hydrogens (tertiary/aromatic N) is 1. The monoisotopic (exact) mass is 257 g/mol. The van der Waals surface area contributed by atoms with E-state index in [4.69, 9.17) is 4.84 Å². The topological polar surface area (TPSA) is 66.8 Å². The molecule has 0 saturated carbocycles. The number of aliphatic hydroxyl groups is 1. The van der Waals surface area contributed by atoms with Crippen molar-refractivity contribution in [1.82, 2.24) is 5.06 Å². The van der Waals surface area contributed by atoms with Crippen molar-refractivity contribution >= 4 is 22.6 Å². The number of imide groups is 1. The molecule has 0 aromatic heterocycles. The van der Waals surface area contributed by atoms with E-state index in [1.165, 1.54) is 7.11 Å². The van der Waals surface area contributed by atoms with E-state index >= 15 is 0 Å². The number of hydroxylamine groups is 2. The maximum absolute atomic E-state index is 12.2. The Kier molecular flexibility index (Phi) is 2.58. The number of rotatable bonds is 2. The van der Waals surface area contributed by atoms with Crippen molar-refractivity contribution < 1.29 is 19.5 Å². The Morgan fingerprint density at radius 1 is 1.16 bits per heavy atom. The van der Waals surface area contributed by atoms with Crippen molar-refractivity contribution in [2.24, 2.45) is 0 Å². The molecule has 2 amide bonds. The predicted molar refractivity (Wildman–Crippen MR) is 67.4 cm³/mol. The summed E-state index contributed by atoms with van der Waals surface area (Å²) in [6.45, 7) is -0.165. The van der Waals surface area contributed by atoms with Gasteiger partial charge < -0.3 is 5.11 Å². The molecule has 19 heavy (non-hydrogen) atoms. The number of hydrogen-bond donors (Lipinski definition) is 1. The fraction of sp³-hybridized carbons (Fsp3) is 0.143. The fourth-order valence-corrected chi connectivity index (χ4v) is 2.41. The van der Waals surface area contributed by atoms with E-state index in [1.54, 1.807) is 24.3 Å². The highest BCUT2D eigenvalue weighted by Gasteiger charge is 2.33. The van der Waals surface area contributed by atoms with Gasteiger partial charge in [0.05, 0.1) is 24.8 Å². The fourth-order valence-electron chi connectivity index (χ4n) is 2.41. The Hall–Kier alpha value is -2.24. The highest BCUT2D eigenvalue weighted by atomic mass is 16.7. The first kappa shape index (κ1) is 11.8. The molecule has 1 aliphatic rings. The minimum atomic E-state index is -0.508. The number of benzene rings is 2. The van der Waals surface area contributed by atoms with Gasteiger partial charge in [-0.15, -0.1) is 5.06 Å². The average Bonchev–Trinajstić information content (AvgIpc) is 2.44. The molecule has 3 rings (SSSR count). The molecular weight excluding hydrogens is 246 g/mol. The van der Waals surface area contributed by atoms with Crippen molar-refractivity contribution in [1.29, 1.82) is 0 Å². The first-order chi connectivity index (χ1) is 9.17. The summed E-state index contributed by atoms with van der Waals surface area (Å²) in [4.78, 5) is 29.2. The van der Waals surface area contributed by atoms with E-state index in [0.717, 1.165) is 10.4 Å². The summed E-state index contributed by atoms with van der Waals surface area (Å²) in [7, 11) is 1.27. The molecule has 0 radical (unpaired) electrons. The first-order valence-electron chi connectivity index (χ1n) is 5.76. The van der Waals surface area contributed by atoms with Gasteiger partial charge in [0.25, 0.3) is 11.8 Å². The minimum Gasteiger partial charge on any atom is -0.392 e. The Balaban J connectivity index is 2.41. The summed E-state index contributed by atoms with van der Waals surface area (Å²) in [5.41, 5.74) is 1.43. The molecule has 0 bridgehead atoms. The second-order valence-corrected chi connectivity index (χ2v) is 4.29. The highest BCUT2D eigenvalue weighted by molar-refractivity contribution is 6.24. The first-order valence-corrected chi connectivity index (χ1v) is 5.76. The summed E-state index contributed by atoms with van der Waals surface area (Å²) in [6, 6.07) is 8.57. The third kappa shape index (κ3) is 1.56. The summed E-state index contributed by atoms with van der Waals surface area (Å²) in [6.07, 6.45) is 0. The molecule has 0 aliphatic carbocycles. The minimum absolute atomic E-state index is 0.165. The second-order valence-electron chi connectivity index (χ2n) is 4.29. The standard InChI is InChI=1S/C14H11NO4/c1-19-15-13(17)10-4-2-3-9-5-8(7-16)6-11(12(9)10)14(15)18/h2-6,16H,7H2,1H3. The van der Waals surface area contributed by atoms with Crippen LogP contribution in [0.5, 0.6) is 0 Å². The normalized spacial score (nSPS) is 14.3. The number of carbonyl (C=O) groups excluding carboxylic acids is 2. The molecule has 2 aromatic carbocycles. The van der Waals surface area contributed by atoms with Crippen LogP contribution in [0.15, 0.2) is 30.3 Å². The number of amides is 2. The molecule has 5 heteroatoms. The van der Waals surface area contributed by atoms with Crippen LogP contribution in [0.1, 0.15) is 26.3 Å². The molecule has 0 fully saturated rings. The van der Waals surface area contributed by atoms with E-state index in [9.17, 15) is 14.7 Å². The van der Waals surface area contributed by atoms with E-state index < -0.39 is 11.8 Å². The van der Waals surface area contributed by atoms with E-state index in [-0.39, 0.29) is 6.61 Å². The van der Waals surface area contributed by atoms with Crippen molar-refractivity contribution in [2.75, 3.05) is 7.11 Å². The molecule has 0 atom stereocenters. The molecule has 0 spiro atoms. The quantitative estimate of drug-likeness (QED) is 0.828. The number of carbonyl (C=O) groups is 2. The Bertz CT molecular complexity index is 708. The molecule has 5 nitrogen and oxygen atoms in total. The van der Waals surface area contributed by atoms with Gasteiger partial charge in [-0.1, -0.05) is 12.1 Å². The Morgan fingerprint density at radius 3 is 2.58 bits per heavy atom. The lowest BCUT2D eigenvalue weighted by Crippen LogP contribution is -2.39. The van der Waals surface area contributed by atoms with E-state index in [1.807, 2.05) is 6.07 Å². The van der Waals surface area contributed by atoms with Gasteiger partial charge in [-0.05, 0) is 29.1 Å². The SMILES string of the molecule is CON1C(=O)c2cccc3cc(CO)cc(c23)C1=O. The van der Waals surface area contributed by atoms with E-state index in [2.05, 4.69) is 0 Å². The predicted octanol–water partition coefficient (Wildman–Crippen LogP) is 1.49. The summed E-state index contributed by atoms with van der Waals surface area (Å²) < 4.78 is 0. The van der Waals surface area contributed by atoms with Crippen molar-refractivity contribution in [3.05, 3.63) is 47.0 Å². The largest absolute Gasteiger partial charge is 0.392 e. The molecular formula is C14H11NO4. The van der Waals surface area contributed by atoms with Crippen LogP contribution in [0.3, 0.4) is 0 Å². The van der Waals surface area contributed by atoms with Crippen LogP contribution in [0.25, 0.3) is 10.8 Å². The molecule has 96 valence electrons. The van der Waals surface area contributed by atoms with Crippen LogP contribution in [0.2, 0.25) is 0 Å². The van der Waals surface area contributed by atoms with Crippen LogP contribution in [0, 0.1) is 0 Å². The van der Waals surface area contributed by atoms with Crippen LogP contribution in [-0.2, 0) is 11.4 Å². The lowest BCUT2D eigenvalue weighted by Gasteiger charge is -2.25. The van der Waals surface area contributed by atoms with Gasteiger partial charge in [0.15, 0.2) is 0 Å². The molecule has 2 aromatic rings. The summed E-state index contributed by atoms with van der Waals surface area (Å²) in [5, 5.41) is 11.4. The van der Waals surface area contributed by atoms with Crippen molar-refractivity contribution in [3.8, 4) is 0 Å². The molecule has 1 heterocycles. The average molecular weight is 257 g/mol. The van der Waals surface area contributed by atoms with Gasteiger partial charge in [0.1, 0.15) is 0 Å².